The number of nitrogens with one attached hydrogen (secondary N) is 1. The number of anilines is 2. The van der Waals surface area contributed by atoms with Gasteiger partial charge in [-0.25, -0.2) is 13.8 Å². The number of furan rings is 1. The summed E-state index contributed by atoms with van der Waals surface area (Å²) in [6, 6.07) is 14.7. The smallest absolute Gasteiger partial charge is 0.291 e. The Morgan fingerprint density at radius 2 is 1.68 bits per heavy atom. The number of imidazole rings is 1. The summed E-state index contributed by atoms with van der Waals surface area (Å²) in [6.45, 7) is 1.83. The summed E-state index contributed by atoms with van der Waals surface area (Å²) in [4.78, 5) is 19.8. The minimum absolute atomic E-state index is 0.0729. The molecule has 1 amide bonds. The number of carbonyl (C=O) groups is 1. The monoisotopic (exact) mass is 516 g/mol. The molecule has 0 unspecified atom stereocenters. The molecule has 38 heavy (non-hydrogen) atoms. The van der Waals surface area contributed by atoms with Crippen LogP contribution in [0.4, 0.5) is 20.2 Å². The van der Waals surface area contributed by atoms with Crippen LogP contribution in [0.1, 0.15) is 61.5 Å². The van der Waals surface area contributed by atoms with E-state index in [0.29, 0.717) is 11.5 Å². The fraction of sp³-hybridized carbons (Fsp3) is 0.333. The summed E-state index contributed by atoms with van der Waals surface area (Å²) < 4.78 is 36.6. The SMILES string of the molecule is O=C(Nc1ccc(N2CCCCC2)cc1F)c1ccc(-c2c(-c3ccc(F)cc3)ncn2C2CCCC2)o1. The molecule has 1 aliphatic heterocycles. The highest BCUT2D eigenvalue weighted by Crippen LogP contribution is 2.39. The number of hydrogen-bond donors (Lipinski definition) is 1. The van der Waals surface area contributed by atoms with Gasteiger partial charge in [0.15, 0.2) is 11.5 Å². The number of rotatable bonds is 6. The second kappa shape index (κ2) is 10.4. The van der Waals surface area contributed by atoms with Crippen molar-refractivity contribution in [3.8, 4) is 22.7 Å². The maximum absolute atomic E-state index is 14.9. The van der Waals surface area contributed by atoms with Crippen molar-refractivity contribution in [2.75, 3.05) is 23.3 Å². The summed E-state index contributed by atoms with van der Waals surface area (Å²) in [7, 11) is 0. The third-order valence-electron chi connectivity index (χ3n) is 7.61. The predicted octanol–water partition coefficient (Wildman–Crippen LogP) is 7.45. The van der Waals surface area contributed by atoms with Crippen LogP contribution in [-0.2, 0) is 0 Å². The molecule has 2 aromatic heterocycles. The Morgan fingerprint density at radius 1 is 0.921 bits per heavy atom. The van der Waals surface area contributed by atoms with Crippen molar-refractivity contribution in [3.05, 3.63) is 78.3 Å². The van der Waals surface area contributed by atoms with Gasteiger partial charge in [-0.1, -0.05) is 12.8 Å². The third-order valence-corrected chi connectivity index (χ3v) is 7.61. The van der Waals surface area contributed by atoms with E-state index < -0.39 is 11.7 Å². The van der Waals surface area contributed by atoms with Gasteiger partial charge in [0.1, 0.15) is 17.3 Å². The van der Waals surface area contributed by atoms with Crippen molar-refractivity contribution in [2.24, 2.45) is 0 Å². The van der Waals surface area contributed by atoms with Crippen molar-refractivity contribution >= 4 is 17.3 Å². The zero-order chi connectivity index (χ0) is 26.1. The average Bonchev–Trinajstić information content (AvgIpc) is 3.71. The molecule has 1 saturated heterocycles. The van der Waals surface area contributed by atoms with Crippen LogP contribution in [-0.4, -0.2) is 28.5 Å². The summed E-state index contributed by atoms with van der Waals surface area (Å²) in [5.41, 5.74) is 3.11. The minimum Gasteiger partial charge on any atom is -0.449 e. The topological polar surface area (TPSA) is 63.3 Å². The van der Waals surface area contributed by atoms with Gasteiger partial charge in [0.25, 0.3) is 5.91 Å². The molecule has 196 valence electrons. The molecule has 8 heteroatoms. The lowest BCUT2D eigenvalue weighted by molar-refractivity contribution is 0.0997. The Balaban J connectivity index is 1.26. The Hall–Kier alpha value is -3.94. The third kappa shape index (κ3) is 4.83. The largest absolute Gasteiger partial charge is 0.449 e. The standard InChI is InChI=1S/C30H30F2N4O2/c31-21-10-8-20(9-11-21)28-29(36(19-33-28)22-6-2-3-7-22)26-14-15-27(38-26)30(37)34-25-13-12-23(18-24(25)32)35-16-4-1-5-17-35/h8-15,18-19,22H,1-7,16-17H2,(H,34,37). The van der Waals surface area contributed by atoms with E-state index >= 15 is 0 Å². The number of aromatic nitrogens is 2. The van der Waals surface area contributed by atoms with Crippen LogP contribution < -0.4 is 10.2 Å². The van der Waals surface area contributed by atoms with E-state index in [1.165, 1.54) is 24.6 Å². The lowest BCUT2D eigenvalue weighted by atomic mass is 10.1. The first-order valence-electron chi connectivity index (χ1n) is 13.4. The van der Waals surface area contributed by atoms with E-state index in [0.717, 1.165) is 68.6 Å². The zero-order valence-electron chi connectivity index (χ0n) is 21.1. The number of carbonyl (C=O) groups excluding carboxylic acids is 1. The fourth-order valence-electron chi connectivity index (χ4n) is 5.61. The lowest BCUT2D eigenvalue weighted by Crippen LogP contribution is -2.29. The molecule has 2 fully saturated rings. The zero-order valence-corrected chi connectivity index (χ0v) is 21.1. The van der Waals surface area contributed by atoms with Gasteiger partial charge in [-0.15, -0.1) is 0 Å². The van der Waals surface area contributed by atoms with Gasteiger partial charge < -0.3 is 19.2 Å². The second-order valence-electron chi connectivity index (χ2n) is 10.1. The highest BCUT2D eigenvalue weighted by atomic mass is 19.1. The molecule has 1 N–H and O–H groups in total. The molecule has 2 aromatic carbocycles. The molecule has 2 aliphatic rings. The molecule has 1 saturated carbocycles. The van der Waals surface area contributed by atoms with Gasteiger partial charge in [0.05, 0.1) is 17.7 Å². The van der Waals surface area contributed by atoms with E-state index in [-0.39, 0.29) is 23.3 Å². The van der Waals surface area contributed by atoms with Crippen LogP contribution in [0.5, 0.6) is 0 Å². The molecule has 3 heterocycles. The summed E-state index contributed by atoms with van der Waals surface area (Å²) in [6.07, 6.45) is 9.55. The molecule has 0 atom stereocenters. The van der Waals surface area contributed by atoms with Gasteiger partial charge in [-0.05, 0) is 86.7 Å². The van der Waals surface area contributed by atoms with Crippen LogP contribution in [0.3, 0.4) is 0 Å². The van der Waals surface area contributed by atoms with E-state index in [4.69, 9.17) is 4.42 Å². The number of halogens is 2. The quantitative estimate of drug-likeness (QED) is 0.289. The molecular weight excluding hydrogens is 486 g/mol. The minimum atomic E-state index is -0.531. The molecule has 6 rings (SSSR count). The maximum Gasteiger partial charge on any atom is 0.291 e. The van der Waals surface area contributed by atoms with E-state index in [9.17, 15) is 13.6 Å². The van der Waals surface area contributed by atoms with Crippen LogP contribution in [0.15, 0.2) is 65.3 Å². The Bertz CT molecular complexity index is 1430. The number of amides is 1. The Morgan fingerprint density at radius 3 is 2.42 bits per heavy atom. The van der Waals surface area contributed by atoms with Crippen molar-refractivity contribution in [1.82, 2.24) is 9.55 Å². The fourth-order valence-corrected chi connectivity index (χ4v) is 5.61. The average molecular weight is 517 g/mol. The molecule has 0 spiro atoms. The van der Waals surface area contributed by atoms with E-state index in [1.807, 2.05) is 6.07 Å². The first kappa shape index (κ1) is 24.4. The summed E-state index contributed by atoms with van der Waals surface area (Å²) >= 11 is 0. The van der Waals surface area contributed by atoms with Crippen molar-refractivity contribution in [1.29, 1.82) is 0 Å². The molecule has 1 aliphatic carbocycles. The molecule has 4 aromatic rings. The van der Waals surface area contributed by atoms with Gasteiger partial charge in [0.2, 0.25) is 0 Å². The van der Waals surface area contributed by atoms with Crippen molar-refractivity contribution < 1.29 is 18.0 Å². The highest BCUT2D eigenvalue weighted by Gasteiger charge is 2.26. The van der Waals surface area contributed by atoms with Gasteiger partial charge in [-0.2, -0.15) is 0 Å². The van der Waals surface area contributed by atoms with Crippen LogP contribution in [0, 0.1) is 11.6 Å². The lowest BCUT2D eigenvalue weighted by Gasteiger charge is -2.29. The number of benzene rings is 2. The molecule has 0 bridgehead atoms. The van der Waals surface area contributed by atoms with Crippen LogP contribution in [0.25, 0.3) is 22.7 Å². The van der Waals surface area contributed by atoms with E-state index in [2.05, 4.69) is 19.8 Å². The first-order chi connectivity index (χ1) is 18.6. The Kier molecular flexibility index (Phi) is 6.70. The second-order valence-corrected chi connectivity index (χ2v) is 10.1. The number of hydrogen-bond acceptors (Lipinski definition) is 4. The van der Waals surface area contributed by atoms with E-state index in [1.54, 1.807) is 36.7 Å². The Labute approximate surface area is 220 Å². The normalized spacial score (nSPS) is 16.2. The van der Waals surface area contributed by atoms with Crippen LogP contribution >= 0.6 is 0 Å². The maximum atomic E-state index is 14.9. The summed E-state index contributed by atoms with van der Waals surface area (Å²) in [5, 5.41) is 2.65. The van der Waals surface area contributed by atoms with Crippen molar-refractivity contribution in [3.63, 3.8) is 0 Å². The highest BCUT2D eigenvalue weighted by molar-refractivity contribution is 6.02. The number of piperidine rings is 1. The molecule has 0 radical (unpaired) electrons. The van der Waals surface area contributed by atoms with Gasteiger partial charge in [-0.3, -0.25) is 4.79 Å². The summed E-state index contributed by atoms with van der Waals surface area (Å²) in [5.74, 6) is -0.774. The molecule has 6 nitrogen and oxygen atoms in total. The van der Waals surface area contributed by atoms with Crippen molar-refractivity contribution in [2.45, 2.75) is 51.0 Å². The van der Waals surface area contributed by atoms with Gasteiger partial charge in [0, 0.05) is 30.4 Å². The first-order valence-corrected chi connectivity index (χ1v) is 13.4. The van der Waals surface area contributed by atoms with Crippen LogP contribution in [0.2, 0.25) is 0 Å². The predicted molar refractivity (Wildman–Crippen MR) is 143 cm³/mol. The molecular formula is C30H30F2N4O2. The van der Waals surface area contributed by atoms with Gasteiger partial charge >= 0.3 is 0 Å². The number of nitrogens with zero attached hydrogens (tertiary/aromatic N) is 3.